The summed E-state index contributed by atoms with van der Waals surface area (Å²) in [4.78, 5) is 37.3. The second kappa shape index (κ2) is 4.93. The second-order valence-corrected chi connectivity index (χ2v) is 7.19. The largest absolute Gasteiger partial charge is 0.481 e. The maximum Gasteiger partial charge on any atom is 0.303 e. The van der Waals surface area contributed by atoms with E-state index >= 15 is 0 Å². The van der Waals surface area contributed by atoms with Gasteiger partial charge in [0.05, 0.1) is 11.8 Å². The Bertz CT molecular complexity index is 533. The smallest absolute Gasteiger partial charge is 0.303 e. The van der Waals surface area contributed by atoms with Crippen LogP contribution in [0.2, 0.25) is 0 Å². The van der Waals surface area contributed by atoms with Gasteiger partial charge in [-0.3, -0.25) is 19.3 Å². The predicted molar refractivity (Wildman–Crippen MR) is 77.5 cm³/mol. The van der Waals surface area contributed by atoms with Crippen LogP contribution in [0.5, 0.6) is 0 Å². The van der Waals surface area contributed by atoms with E-state index in [9.17, 15) is 14.4 Å². The van der Waals surface area contributed by atoms with Crippen LogP contribution in [0.4, 0.5) is 0 Å². The van der Waals surface area contributed by atoms with E-state index in [0.717, 1.165) is 6.42 Å². The average molecular weight is 303 g/mol. The van der Waals surface area contributed by atoms with Crippen LogP contribution in [-0.2, 0) is 14.4 Å². The van der Waals surface area contributed by atoms with E-state index in [1.165, 1.54) is 11.3 Å². The van der Waals surface area contributed by atoms with Gasteiger partial charge in [0.1, 0.15) is 0 Å². The van der Waals surface area contributed by atoms with Crippen LogP contribution in [0.1, 0.15) is 32.1 Å². The van der Waals surface area contributed by atoms with Crippen LogP contribution < -0.4 is 0 Å². The molecule has 0 aromatic carbocycles. The Labute approximate surface area is 129 Å². The van der Waals surface area contributed by atoms with Crippen LogP contribution >= 0.6 is 0 Å². The number of unbranched alkanes of at least 4 members (excludes halogenated alkanes) is 2. The summed E-state index contributed by atoms with van der Waals surface area (Å²) >= 11 is 0. The Morgan fingerprint density at radius 1 is 1.05 bits per heavy atom. The fourth-order valence-corrected chi connectivity index (χ4v) is 4.96. The molecule has 1 N–H and O–H groups in total. The lowest BCUT2D eigenvalue weighted by molar-refractivity contribution is -0.141. The number of carboxylic acid groups (broad SMARTS) is 1. The highest BCUT2D eigenvalue weighted by Crippen LogP contribution is 2.65. The van der Waals surface area contributed by atoms with Crippen molar-refractivity contribution in [1.29, 1.82) is 0 Å². The van der Waals surface area contributed by atoms with Gasteiger partial charge >= 0.3 is 5.97 Å². The lowest BCUT2D eigenvalue weighted by Gasteiger charge is -2.37. The van der Waals surface area contributed by atoms with Crippen molar-refractivity contribution in [3.8, 4) is 0 Å². The molecule has 0 spiro atoms. The van der Waals surface area contributed by atoms with E-state index in [1.54, 1.807) is 0 Å². The predicted octanol–water partition coefficient (Wildman–Crippen LogP) is 1.68. The summed E-state index contributed by atoms with van der Waals surface area (Å²) in [6, 6.07) is 0. The summed E-state index contributed by atoms with van der Waals surface area (Å²) in [6.45, 7) is 0.457. The lowest BCUT2D eigenvalue weighted by atomic mass is 9.63. The molecule has 2 saturated carbocycles. The maximum atomic E-state index is 12.7. The zero-order valence-corrected chi connectivity index (χ0v) is 12.5. The first-order valence-electron chi connectivity index (χ1n) is 8.35. The van der Waals surface area contributed by atoms with Crippen molar-refractivity contribution in [2.75, 3.05) is 6.54 Å². The number of carbonyl (C=O) groups is 3. The lowest BCUT2D eigenvalue weighted by Crippen LogP contribution is -2.40. The maximum absolute atomic E-state index is 12.7. The summed E-state index contributed by atoms with van der Waals surface area (Å²) in [5.41, 5.74) is 0. The van der Waals surface area contributed by atoms with E-state index in [1.807, 2.05) is 0 Å². The molecule has 2 amide bonds. The van der Waals surface area contributed by atoms with Crippen LogP contribution in [-0.4, -0.2) is 34.3 Å². The van der Waals surface area contributed by atoms with Crippen LogP contribution in [0, 0.1) is 35.5 Å². The molecule has 2 bridgehead atoms. The number of likely N-dealkylation sites (tertiary alicyclic amines) is 1. The van der Waals surface area contributed by atoms with Gasteiger partial charge in [0.2, 0.25) is 11.8 Å². The standard InChI is InChI=1S/C17H21NO4/c19-13(20)4-2-1-3-7-18-16(21)14-9-5-6-10(12-8-11(9)12)15(14)17(18)22/h5-6,9-12,14-15H,1-4,7-8H2,(H,19,20)/t9-,10-,11+,12+,14+,15+/m0/s1. The van der Waals surface area contributed by atoms with Gasteiger partial charge in [-0.25, -0.2) is 0 Å². The molecule has 22 heavy (non-hydrogen) atoms. The summed E-state index contributed by atoms with van der Waals surface area (Å²) in [5.74, 6) is 0.904. The zero-order valence-electron chi connectivity index (χ0n) is 12.5. The first-order valence-corrected chi connectivity index (χ1v) is 8.35. The highest BCUT2D eigenvalue weighted by Gasteiger charge is 2.66. The molecular formula is C17H21NO4. The molecule has 5 nitrogen and oxygen atoms in total. The summed E-state index contributed by atoms with van der Waals surface area (Å²) in [5, 5.41) is 8.62. The number of hydrogen-bond donors (Lipinski definition) is 1. The highest BCUT2D eigenvalue weighted by atomic mass is 16.4. The Morgan fingerprint density at radius 2 is 1.64 bits per heavy atom. The first-order chi connectivity index (χ1) is 10.6. The molecule has 0 aromatic heterocycles. The molecule has 118 valence electrons. The van der Waals surface area contributed by atoms with Crippen molar-refractivity contribution in [3.63, 3.8) is 0 Å². The molecule has 1 heterocycles. The van der Waals surface area contributed by atoms with Crippen molar-refractivity contribution < 1.29 is 19.5 Å². The quantitative estimate of drug-likeness (QED) is 0.460. The van der Waals surface area contributed by atoms with Crippen molar-refractivity contribution in [2.45, 2.75) is 32.1 Å². The number of hydrogen-bond acceptors (Lipinski definition) is 3. The monoisotopic (exact) mass is 303 g/mol. The minimum atomic E-state index is -0.791. The van der Waals surface area contributed by atoms with E-state index < -0.39 is 5.97 Å². The van der Waals surface area contributed by atoms with E-state index in [4.69, 9.17) is 5.11 Å². The SMILES string of the molecule is O=C(O)CCCCCN1C(=O)[C@@H]2[C@H]3C=C[C@@H]([C@H]4C[C@H]34)[C@H]2C1=O. The van der Waals surface area contributed by atoms with Crippen molar-refractivity contribution >= 4 is 17.8 Å². The highest BCUT2D eigenvalue weighted by molar-refractivity contribution is 6.06. The summed E-state index contributed by atoms with van der Waals surface area (Å²) < 4.78 is 0. The molecular weight excluding hydrogens is 282 g/mol. The van der Waals surface area contributed by atoms with Crippen LogP contribution in [0.15, 0.2) is 12.2 Å². The number of amides is 2. The molecule has 0 aromatic rings. The number of nitrogens with zero attached hydrogens (tertiary/aromatic N) is 1. The normalized spacial score (nSPS) is 40.8. The third kappa shape index (κ3) is 1.94. The van der Waals surface area contributed by atoms with Gasteiger partial charge in [-0.15, -0.1) is 0 Å². The fourth-order valence-electron chi connectivity index (χ4n) is 4.96. The van der Waals surface area contributed by atoms with Gasteiger partial charge < -0.3 is 5.11 Å². The fraction of sp³-hybridized carbons (Fsp3) is 0.706. The molecule has 6 atom stereocenters. The van der Waals surface area contributed by atoms with Crippen molar-refractivity contribution in [3.05, 3.63) is 12.2 Å². The third-order valence-corrected chi connectivity index (χ3v) is 6.03. The number of aliphatic carboxylic acids is 1. The zero-order chi connectivity index (χ0) is 15.4. The molecule has 3 fully saturated rings. The summed E-state index contributed by atoms with van der Waals surface area (Å²) in [7, 11) is 0. The van der Waals surface area contributed by atoms with Gasteiger partial charge in [-0.05, 0) is 42.9 Å². The molecule has 5 heteroatoms. The van der Waals surface area contributed by atoms with E-state index in [2.05, 4.69) is 12.2 Å². The molecule has 4 aliphatic carbocycles. The molecule has 0 unspecified atom stereocenters. The summed E-state index contributed by atoms with van der Waals surface area (Å²) in [6.07, 6.45) is 7.77. The minimum absolute atomic E-state index is 0.0259. The molecule has 1 saturated heterocycles. The van der Waals surface area contributed by atoms with Gasteiger partial charge in [0.25, 0.3) is 0 Å². The molecule has 5 aliphatic rings. The van der Waals surface area contributed by atoms with Crippen LogP contribution in [0.25, 0.3) is 0 Å². The number of allylic oxidation sites excluding steroid dienone is 2. The average Bonchev–Trinajstić information content (AvgIpc) is 3.26. The third-order valence-electron chi connectivity index (χ3n) is 6.03. The Kier molecular flexibility index (Phi) is 3.13. The number of imide groups is 1. The minimum Gasteiger partial charge on any atom is -0.481 e. The number of carboxylic acids is 1. The van der Waals surface area contributed by atoms with E-state index in [-0.39, 0.29) is 41.9 Å². The molecule has 5 rings (SSSR count). The second-order valence-electron chi connectivity index (χ2n) is 7.19. The molecule has 1 aliphatic heterocycles. The number of rotatable bonds is 6. The van der Waals surface area contributed by atoms with Gasteiger partial charge in [-0.1, -0.05) is 18.6 Å². The van der Waals surface area contributed by atoms with E-state index in [0.29, 0.717) is 31.2 Å². The topological polar surface area (TPSA) is 74.7 Å². The molecule has 0 radical (unpaired) electrons. The Balaban J connectivity index is 1.39. The van der Waals surface area contributed by atoms with Crippen molar-refractivity contribution in [2.24, 2.45) is 35.5 Å². The Morgan fingerprint density at radius 3 is 2.18 bits per heavy atom. The van der Waals surface area contributed by atoms with Gasteiger partial charge in [0.15, 0.2) is 0 Å². The Hall–Kier alpha value is -1.65. The van der Waals surface area contributed by atoms with Gasteiger partial charge in [-0.2, -0.15) is 0 Å². The number of carbonyl (C=O) groups excluding carboxylic acids is 2. The van der Waals surface area contributed by atoms with Crippen molar-refractivity contribution in [1.82, 2.24) is 4.90 Å². The first kappa shape index (κ1) is 14.0. The van der Waals surface area contributed by atoms with Crippen LogP contribution in [0.3, 0.4) is 0 Å². The van der Waals surface area contributed by atoms with Gasteiger partial charge in [0, 0.05) is 13.0 Å².